The minimum Gasteiger partial charge on any atom is -0.368 e. The number of rotatable bonds is 1. The summed E-state index contributed by atoms with van der Waals surface area (Å²) in [5.41, 5.74) is 1.23. The molecule has 2 rings (SSSR count). The third kappa shape index (κ3) is 1.85. The summed E-state index contributed by atoms with van der Waals surface area (Å²) in [4.78, 5) is 2.42. The second-order valence-electron chi connectivity index (χ2n) is 4.31. The van der Waals surface area contributed by atoms with Crippen LogP contribution >= 0.6 is 0 Å². The molecule has 0 radical (unpaired) electrons. The van der Waals surface area contributed by atoms with Crippen molar-refractivity contribution in [2.24, 2.45) is 11.8 Å². The molecule has 1 N–H and O–H groups in total. The van der Waals surface area contributed by atoms with Gasteiger partial charge in [0.1, 0.15) is 0 Å². The molecule has 0 bridgehead atoms. The molecule has 0 aliphatic carbocycles. The number of hydrogen-bond acceptors (Lipinski definition) is 2. The molecule has 1 aromatic rings. The second kappa shape index (κ2) is 3.40. The van der Waals surface area contributed by atoms with E-state index in [1.807, 2.05) is 12.4 Å². The van der Waals surface area contributed by atoms with E-state index < -0.39 is 0 Å². The van der Waals surface area contributed by atoms with Crippen LogP contribution in [0, 0.1) is 11.8 Å². The van der Waals surface area contributed by atoms with Gasteiger partial charge in [-0.1, -0.05) is 13.8 Å². The molecular weight excluding hydrogens is 162 g/mol. The van der Waals surface area contributed by atoms with Crippen LogP contribution in [0.3, 0.4) is 0 Å². The normalized spacial score (nSPS) is 29.2. The monoisotopic (exact) mass is 179 g/mol. The lowest BCUT2D eigenvalue weighted by atomic mass is 9.92. The lowest BCUT2D eigenvalue weighted by Gasteiger charge is -2.35. The predicted octanol–water partition coefficient (Wildman–Crippen LogP) is 1.89. The maximum atomic E-state index is 3.98. The van der Waals surface area contributed by atoms with Gasteiger partial charge in [0, 0.05) is 19.3 Å². The zero-order valence-corrected chi connectivity index (χ0v) is 8.33. The molecular formula is C10H17N3. The summed E-state index contributed by atoms with van der Waals surface area (Å²) < 4.78 is 0. The lowest BCUT2D eigenvalue weighted by Crippen LogP contribution is -2.38. The van der Waals surface area contributed by atoms with E-state index in [9.17, 15) is 0 Å². The Morgan fingerprint density at radius 2 is 2.08 bits per heavy atom. The van der Waals surface area contributed by atoms with Crippen LogP contribution in [0.25, 0.3) is 0 Å². The molecule has 13 heavy (non-hydrogen) atoms. The number of aromatic nitrogens is 2. The van der Waals surface area contributed by atoms with Gasteiger partial charge in [-0.15, -0.1) is 0 Å². The average Bonchev–Trinajstić information content (AvgIpc) is 2.53. The second-order valence-corrected chi connectivity index (χ2v) is 4.31. The maximum absolute atomic E-state index is 3.98. The van der Waals surface area contributed by atoms with Gasteiger partial charge in [-0.25, -0.2) is 0 Å². The van der Waals surface area contributed by atoms with Crippen molar-refractivity contribution in [2.45, 2.75) is 20.3 Å². The summed E-state index contributed by atoms with van der Waals surface area (Å²) in [6.07, 6.45) is 5.24. The summed E-state index contributed by atoms with van der Waals surface area (Å²) in [5, 5.41) is 6.85. The molecule has 1 aromatic heterocycles. The van der Waals surface area contributed by atoms with E-state index in [1.54, 1.807) is 0 Å². The first-order chi connectivity index (χ1) is 6.25. The minimum atomic E-state index is 0.804. The van der Waals surface area contributed by atoms with Gasteiger partial charge >= 0.3 is 0 Å². The van der Waals surface area contributed by atoms with Gasteiger partial charge in [0.05, 0.1) is 11.9 Å². The van der Waals surface area contributed by atoms with Gasteiger partial charge in [-0.05, 0) is 18.3 Å². The molecule has 0 spiro atoms. The topological polar surface area (TPSA) is 31.9 Å². The number of H-pyrrole nitrogens is 1. The Kier molecular flexibility index (Phi) is 2.25. The van der Waals surface area contributed by atoms with Crippen LogP contribution in [-0.4, -0.2) is 23.3 Å². The fourth-order valence-electron chi connectivity index (χ4n) is 2.29. The SMILES string of the molecule is CC1CC(C)CN(c2cn[nH]c2)C1. The fourth-order valence-corrected chi connectivity index (χ4v) is 2.29. The number of nitrogens with one attached hydrogen (secondary N) is 1. The van der Waals surface area contributed by atoms with E-state index in [4.69, 9.17) is 0 Å². The molecule has 2 unspecified atom stereocenters. The van der Waals surface area contributed by atoms with Crippen LogP contribution in [0.1, 0.15) is 20.3 Å². The van der Waals surface area contributed by atoms with E-state index in [2.05, 4.69) is 28.9 Å². The van der Waals surface area contributed by atoms with Crippen LogP contribution in [0.15, 0.2) is 12.4 Å². The summed E-state index contributed by atoms with van der Waals surface area (Å²) in [7, 11) is 0. The number of nitrogens with zero attached hydrogens (tertiary/aromatic N) is 2. The van der Waals surface area contributed by atoms with E-state index in [0.29, 0.717) is 0 Å². The van der Waals surface area contributed by atoms with Crippen LogP contribution in [0.4, 0.5) is 5.69 Å². The molecule has 2 atom stereocenters. The van der Waals surface area contributed by atoms with Crippen LogP contribution in [0.2, 0.25) is 0 Å². The highest BCUT2D eigenvalue weighted by Crippen LogP contribution is 2.24. The number of aromatic amines is 1. The summed E-state index contributed by atoms with van der Waals surface area (Å²) >= 11 is 0. The van der Waals surface area contributed by atoms with Gasteiger partial charge in [0.2, 0.25) is 0 Å². The Balaban J connectivity index is 2.07. The minimum absolute atomic E-state index is 0.804. The molecule has 0 amide bonds. The molecule has 1 aliphatic rings. The van der Waals surface area contributed by atoms with Crippen molar-refractivity contribution >= 4 is 5.69 Å². The van der Waals surface area contributed by atoms with Gasteiger partial charge in [-0.2, -0.15) is 5.10 Å². The number of piperidine rings is 1. The third-order valence-corrected chi connectivity index (χ3v) is 2.72. The molecule has 3 heteroatoms. The summed E-state index contributed by atoms with van der Waals surface area (Å²) in [5.74, 6) is 1.61. The van der Waals surface area contributed by atoms with Crippen molar-refractivity contribution in [3.05, 3.63) is 12.4 Å². The van der Waals surface area contributed by atoms with Crippen LogP contribution in [0.5, 0.6) is 0 Å². The Morgan fingerprint density at radius 3 is 2.62 bits per heavy atom. The highest BCUT2D eigenvalue weighted by molar-refractivity contribution is 5.42. The molecule has 1 saturated heterocycles. The van der Waals surface area contributed by atoms with Crippen LogP contribution < -0.4 is 4.90 Å². The summed E-state index contributed by atoms with van der Waals surface area (Å²) in [6, 6.07) is 0. The van der Waals surface area contributed by atoms with E-state index in [1.165, 1.54) is 25.2 Å². The summed E-state index contributed by atoms with van der Waals surface area (Å²) in [6.45, 7) is 6.99. The highest BCUT2D eigenvalue weighted by atomic mass is 15.2. The van der Waals surface area contributed by atoms with Crippen molar-refractivity contribution in [2.75, 3.05) is 18.0 Å². The van der Waals surface area contributed by atoms with E-state index in [-0.39, 0.29) is 0 Å². The van der Waals surface area contributed by atoms with Gasteiger partial charge in [-0.3, -0.25) is 5.10 Å². The molecule has 0 aromatic carbocycles. The molecule has 0 saturated carbocycles. The van der Waals surface area contributed by atoms with Crippen molar-refractivity contribution in [1.82, 2.24) is 10.2 Å². The zero-order valence-electron chi connectivity index (χ0n) is 8.33. The van der Waals surface area contributed by atoms with Crippen molar-refractivity contribution < 1.29 is 0 Å². The highest BCUT2D eigenvalue weighted by Gasteiger charge is 2.22. The maximum Gasteiger partial charge on any atom is 0.0749 e. The fraction of sp³-hybridized carbons (Fsp3) is 0.700. The first-order valence-corrected chi connectivity index (χ1v) is 4.99. The number of anilines is 1. The molecule has 2 heterocycles. The third-order valence-electron chi connectivity index (χ3n) is 2.72. The van der Waals surface area contributed by atoms with Crippen LogP contribution in [-0.2, 0) is 0 Å². The largest absolute Gasteiger partial charge is 0.368 e. The first kappa shape index (κ1) is 8.60. The van der Waals surface area contributed by atoms with Gasteiger partial charge < -0.3 is 4.90 Å². The van der Waals surface area contributed by atoms with Crippen molar-refractivity contribution in [3.8, 4) is 0 Å². The predicted molar refractivity (Wildman–Crippen MR) is 53.7 cm³/mol. The molecule has 72 valence electrons. The van der Waals surface area contributed by atoms with E-state index in [0.717, 1.165) is 11.8 Å². The lowest BCUT2D eigenvalue weighted by molar-refractivity contribution is 0.357. The molecule has 3 nitrogen and oxygen atoms in total. The zero-order chi connectivity index (χ0) is 9.26. The molecule has 1 fully saturated rings. The van der Waals surface area contributed by atoms with Gasteiger partial charge in [0.25, 0.3) is 0 Å². The van der Waals surface area contributed by atoms with E-state index >= 15 is 0 Å². The standard InChI is InChI=1S/C10H17N3/c1-8-3-9(2)7-13(6-8)10-4-11-12-5-10/h4-5,8-9H,3,6-7H2,1-2H3,(H,11,12). The smallest absolute Gasteiger partial charge is 0.0749 e. The molecule has 1 aliphatic heterocycles. The average molecular weight is 179 g/mol. The Morgan fingerprint density at radius 1 is 1.38 bits per heavy atom. The van der Waals surface area contributed by atoms with Crippen molar-refractivity contribution in [3.63, 3.8) is 0 Å². The quantitative estimate of drug-likeness (QED) is 0.714. The number of hydrogen-bond donors (Lipinski definition) is 1. The Labute approximate surface area is 79.1 Å². The Hall–Kier alpha value is -0.990. The van der Waals surface area contributed by atoms with Gasteiger partial charge in [0.15, 0.2) is 0 Å². The Bertz CT molecular complexity index is 245. The first-order valence-electron chi connectivity index (χ1n) is 4.99. The van der Waals surface area contributed by atoms with Crippen molar-refractivity contribution in [1.29, 1.82) is 0 Å².